The monoisotopic (exact) mass is 207 g/mol. The molecule has 0 amide bonds. The number of aromatic amines is 1. The Labute approximate surface area is 85.2 Å². The number of aryl methyl sites for hydroxylation is 1. The van der Waals surface area contributed by atoms with Crippen LogP contribution in [0.1, 0.15) is 6.92 Å². The van der Waals surface area contributed by atoms with Crippen molar-refractivity contribution >= 4 is 23.3 Å². The number of hydrogen-bond acceptors (Lipinski definition) is 3. The van der Waals surface area contributed by atoms with Crippen LogP contribution in [0.15, 0.2) is 23.1 Å². The summed E-state index contributed by atoms with van der Waals surface area (Å²) in [5, 5.41) is 0.572. The van der Waals surface area contributed by atoms with E-state index in [0.29, 0.717) is 22.3 Å². The predicted octanol–water partition coefficient (Wildman–Crippen LogP) is 1.47. The standard InChI is InChI=1S/C9H9N3OS/c1-2-12-7-6(4-3-5-10-7)8(13)11-9(12)14/h3-5H,2H2,1H3,(H,11,13,14). The normalized spacial score (nSPS) is 10.6. The molecule has 1 N–H and O–H groups in total. The summed E-state index contributed by atoms with van der Waals surface area (Å²) in [7, 11) is 0. The lowest BCUT2D eigenvalue weighted by Crippen LogP contribution is -2.14. The van der Waals surface area contributed by atoms with Crippen LogP contribution in [-0.4, -0.2) is 14.5 Å². The second-order valence-corrected chi connectivity index (χ2v) is 3.26. The first kappa shape index (κ1) is 9.08. The third-order valence-corrected chi connectivity index (χ3v) is 2.39. The first-order valence-electron chi connectivity index (χ1n) is 4.32. The molecule has 0 saturated carbocycles. The van der Waals surface area contributed by atoms with Gasteiger partial charge in [-0.2, -0.15) is 0 Å². The van der Waals surface area contributed by atoms with Crippen molar-refractivity contribution in [1.82, 2.24) is 14.5 Å². The minimum Gasteiger partial charge on any atom is -0.303 e. The van der Waals surface area contributed by atoms with Gasteiger partial charge in [-0.1, -0.05) is 0 Å². The van der Waals surface area contributed by atoms with Gasteiger partial charge in [0, 0.05) is 12.7 Å². The lowest BCUT2D eigenvalue weighted by Gasteiger charge is -2.05. The van der Waals surface area contributed by atoms with Crippen molar-refractivity contribution in [3.05, 3.63) is 33.5 Å². The largest absolute Gasteiger partial charge is 0.303 e. The molecule has 2 heterocycles. The quantitative estimate of drug-likeness (QED) is 0.720. The molecule has 0 aromatic carbocycles. The minimum absolute atomic E-state index is 0.178. The molecule has 0 radical (unpaired) electrons. The summed E-state index contributed by atoms with van der Waals surface area (Å²) < 4.78 is 2.22. The van der Waals surface area contributed by atoms with Gasteiger partial charge in [0.25, 0.3) is 5.56 Å². The molecule has 0 unspecified atom stereocenters. The Morgan fingerprint density at radius 1 is 1.64 bits per heavy atom. The van der Waals surface area contributed by atoms with Crippen LogP contribution in [0.25, 0.3) is 11.0 Å². The van der Waals surface area contributed by atoms with Gasteiger partial charge in [0.1, 0.15) is 5.65 Å². The summed E-state index contributed by atoms with van der Waals surface area (Å²) in [6, 6.07) is 3.47. The highest BCUT2D eigenvalue weighted by atomic mass is 32.1. The molecule has 14 heavy (non-hydrogen) atoms. The van der Waals surface area contributed by atoms with Gasteiger partial charge in [-0.25, -0.2) is 4.98 Å². The van der Waals surface area contributed by atoms with E-state index in [0.717, 1.165) is 0 Å². The molecular weight excluding hydrogens is 198 g/mol. The highest BCUT2D eigenvalue weighted by Gasteiger charge is 2.03. The van der Waals surface area contributed by atoms with Gasteiger partial charge in [-0.05, 0) is 31.3 Å². The van der Waals surface area contributed by atoms with Crippen molar-refractivity contribution in [3.63, 3.8) is 0 Å². The Morgan fingerprint density at radius 3 is 3.14 bits per heavy atom. The van der Waals surface area contributed by atoms with Crippen molar-refractivity contribution < 1.29 is 0 Å². The highest BCUT2D eigenvalue weighted by molar-refractivity contribution is 7.71. The second-order valence-electron chi connectivity index (χ2n) is 2.88. The number of nitrogens with zero attached hydrogens (tertiary/aromatic N) is 2. The Hall–Kier alpha value is -1.49. The number of fused-ring (bicyclic) bond motifs is 1. The van der Waals surface area contributed by atoms with Crippen LogP contribution in [0, 0.1) is 4.77 Å². The molecule has 72 valence electrons. The van der Waals surface area contributed by atoms with Gasteiger partial charge in [-0.3, -0.25) is 9.78 Å². The predicted molar refractivity (Wildman–Crippen MR) is 56.9 cm³/mol. The Morgan fingerprint density at radius 2 is 2.43 bits per heavy atom. The zero-order valence-corrected chi connectivity index (χ0v) is 8.47. The number of pyridine rings is 1. The zero-order valence-electron chi connectivity index (χ0n) is 7.65. The molecule has 2 aromatic heterocycles. The fourth-order valence-corrected chi connectivity index (χ4v) is 1.72. The fourth-order valence-electron chi connectivity index (χ4n) is 1.41. The average molecular weight is 207 g/mol. The first-order chi connectivity index (χ1) is 6.74. The molecule has 2 rings (SSSR count). The van der Waals surface area contributed by atoms with E-state index in [1.54, 1.807) is 22.9 Å². The molecular formula is C9H9N3OS. The van der Waals surface area contributed by atoms with Crippen LogP contribution >= 0.6 is 12.2 Å². The molecule has 0 saturated heterocycles. The van der Waals surface area contributed by atoms with Crippen molar-refractivity contribution in [3.8, 4) is 0 Å². The summed E-state index contributed by atoms with van der Waals surface area (Å²) in [4.78, 5) is 18.3. The summed E-state index contributed by atoms with van der Waals surface area (Å²) >= 11 is 5.03. The van der Waals surface area contributed by atoms with Gasteiger partial charge >= 0.3 is 0 Å². The topological polar surface area (TPSA) is 50.7 Å². The van der Waals surface area contributed by atoms with Crippen LogP contribution in [0.2, 0.25) is 0 Å². The van der Waals surface area contributed by atoms with Gasteiger partial charge in [0.05, 0.1) is 5.39 Å². The molecule has 0 bridgehead atoms. The van der Waals surface area contributed by atoms with E-state index in [9.17, 15) is 4.79 Å². The molecule has 2 aromatic rings. The second kappa shape index (κ2) is 3.34. The zero-order chi connectivity index (χ0) is 10.1. The van der Waals surface area contributed by atoms with E-state index in [4.69, 9.17) is 12.2 Å². The number of nitrogens with one attached hydrogen (secondary N) is 1. The van der Waals surface area contributed by atoms with Gasteiger partial charge in [0.2, 0.25) is 0 Å². The van der Waals surface area contributed by atoms with Crippen molar-refractivity contribution in [2.45, 2.75) is 13.5 Å². The molecule has 5 heteroatoms. The molecule has 0 fully saturated rings. The average Bonchev–Trinajstić information content (AvgIpc) is 2.18. The van der Waals surface area contributed by atoms with Crippen molar-refractivity contribution in [2.75, 3.05) is 0 Å². The Kier molecular flexibility index (Phi) is 2.17. The molecule has 4 nitrogen and oxygen atoms in total. The maximum absolute atomic E-state index is 11.5. The first-order valence-corrected chi connectivity index (χ1v) is 4.72. The third kappa shape index (κ3) is 1.26. The van der Waals surface area contributed by atoms with Crippen molar-refractivity contribution in [1.29, 1.82) is 0 Å². The number of H-pyrrole nitrogens is 1. The lowest BCUT2D eigenvalue weighted by atomic mass is 10.3. The van der Waals surface area contributed by atoms with Crippen LogP contribution in [0.5, 0.6) is 0 Å². The fraction of sp³-hybridized carbons (Fsp3) is 0.222. The summed E-state index contributed by atoms with van der Waals surface area (Å²) in [5.74, 6) is 0. The van der Waals surface area contributed by atoms with E-state index < -0.39 is 0 Å². The van der Waals surface area contributed by atoms with E-state index in [2.05, 4.69) is 9.97 Å². The molecule has 0 aliphatic heterocycles. The summed E-state index contributed by atoms with van der Waals surface area (Å²) in [6.07, 6.45) is 1.66. The Bertz CT molecular complexity index is 584. The molecule has 0 spiro atoms. The number of hydrogen-bond donors (Lipinski definition) is 1. The highest BCUT2D eigenvalue weighted by Crippen LogP contribution is 2.05. The minimum atomic E-state index is -0.178. The van der Waals surface area contributed by atoms with E-state index >= 15 is 0 Å². The Balaban J connectivity index is 3.06. The molecule has 0 aliphatic carbocycles. The third-order valence-electron chi connectivity index (χ3n) is 2.07. The lowest BCUT2D eigenvalue weighted by molar-refractivity contribution is 0.740. The maximum Gasteiger partial charge on any atom is 0.261 e. The summed E-state index contributed by atoms with van der Waals surface area (Å²) in [5.41, 5.74) is 0.464. The van der Waals surface area contributed by atoms with Crippen LogP contribution < -0.4 is 5.56 Å². The molecule has 0 atom stereocenters. The number of rotatable bonds is 1. The van der Waals surface area contributed by atoms with Crippen molar-refractivity contribution in [2.24, 2.45) is 0 Å². The molecule has 0 aliphatic rings. The van der Waals surface area contributed by atoms with Crippen LogP contribution in [0.4, 0.5) is 0 Å². The van der Waals surface area contributed by atoms with E-state index in [-0.39, 0.29) is 5.56 Å². The van der Waals surface area contributed by atoms with Gasteiger partial charge in [-0.15, -0.1) is 0 Å². The smallest absolute Gasteiger partial charge is 0.261 e. The van der Waals surface area contributed by atoms with Crippen LogP contribution in [-0.2, 0) is 6.54 Å². The van der Waals surface area contributed by atoms with E-state index in [1.165, 1.54) is 0 Å². The van der Waals surface area contributed by atoms with E-state index in [1.807, 2.05) is 6.92 Å². The SMILES string of the molecule is CCn1c(=S)[nH]c(=O)c2cccnc21. The van der Waals surface area contributed by atoms with Gasteiger partial charge < -0.3 is 4.57 Å². The maximum atomic E-state index is 11.5. The van der Waals surface area contributed by atoms with Crippen LogP contribution in [0.3, 0.4) is 0 Å². The number of aromatic nitrogens is 3. The summed E-state index contributed by atoms with van der Waals surface area (Å²) in [6.45, 7) is 2.66. The van der Waals surface area contributed by atoms with Gasteiger partial charge in [0.15, 0.2) is 4.77 Å².